The SMILES string of the molecule is C[C@@H]1CN([C@H]2C[C@H](OC3CCN(C(=O)OC(C)(C)C)CC3)C2)CCN1c1ccc2c(c1F)[C@@H](C)N(C1CCC(=O)NC1=O)C2=O. The standard InChI is InChI=1S/C33H46FN5O6/c1-19-18-37(21-16-23(17-21)44-22-10-12-36(13-11-22)32(43)45-33(3,4)5)14-15-38(19)25-7-6-24-28(29(25)34)20(2)39(31(24)42)26-8-9-27(40)35-30(26)41/h6-7,19-23,26H,8-18H2,1-5H3,(H,35,40,41)/t19-,20-,21-,23-,26?/m1/s1. The van der Waals surface area contributed by atoms with Crippen molar-refractivity contribution in [3.05, 3.63) is 29.1 Å². The van der Waals surface area contributed by atoms with Crippen LogP contribution in [0.5, 0.6) is 0 Å². The molecule has 0 radical (unpaired) electrons. The van der Waals surface area contributed by atoms with E-state index in [2.05, 4.69) is 22.0 Å². The number of piperidine rings is 2. The maximum absolute atomic E-state index is 16.2. The van der Waals surface area contributed by atoms with E-state index in [0.717, 1.165) is 38.8 Å². The van der Waals surface area contributed by atoms with Gasteiger partial charge in [0, 0.05) is 62.4 Å². The highest BCUT2D eigenvalue weighted by molar-refractivity contribution is 6.06. The number of hydrogen-bond donors (Lipinski definition) is 1. The maximum Gasteiger partial charge on any atom is 0.410 e. The van der Waals surface area contributed by atoms with Crippen LogP contribution in [0.3, 0.4) is 0 Å². The van der Waals surface area contributed by atoms with Crippen molar-refractivity contribution in [2.45, 2.75) is 115 Å². The molecule has 1 aliphatic carbocycles. The molecule has 1 saturated carbocycles. The Kier molecular flexibility index (Phi) is 8.58. The largest absolute Gasteiger partial charge is 0.444 e. The summed E-state index contributed by atoms with van der Waals surface area (Å²) in [6.07, 6.45) is 4.11. The number of imide groups is 1. The molecule has 1 aromatic carbocycles. The molecule has 3 atom stereocenters. The summed E-state index contributed by atoms with van der Waals surface area (Å²) in [7, 11) is 0. The van der Waals surface area contributed by atoms with E-state index in [9.17, 15) is 19.2 Å². The minimum atomic E-state index is -0.789. The zero-order valence-corrected chi connectivity index (χ0v) is 27.0. The molecule has 3 saturated heterocycles. The molecule has 4 amide bonds. The van der Waals surface area contributed by atoms with Gasteiger partial charge in [0.2, 0.25) is 11.8 Å². The van der Waals surface area contributed by atoms with E-state index in [1.54, 1.807) is 24.0 Å². The Morgan fingerprint density at radius 3 is 2.33 bits per heavy atom. The number of halogens is 1. The molecule has 4 heterocycles. The number of carbonyl (C=O) groups is 4. The minimum Gasteiger partial charge on any atom is -0.444 e. The fourth-order valence-corrected chi connectivity index (χ4v) is 7.61. The van der Waals surface area contributed by atoms with Gasteiger partial charge in [-0.2, -0.15) is 0 Å². The van der Waals surface area contributed by atoms with Crippen molar-refractivity contribution in [3.8, 4) is 0 Å². The van der Waals surface area contributed by atoms with Crippen molar-refractivity contribution in [1.29, 1.82) is 0 Å². The molecule has 11 nitrogen and oxygen atoms in total. The van der Waals surface area contributed by atoms with Crippen LogP contribution in [0.1, 0.15) is 95.1 Å². The molecule has 6 rings (SSSR count). The summed E-state index contributed by atoms with van der Waals surface area (Å²) >= 11 is 0. The summed E-state index contributed by atoms with van der Waals surface area (Å²) in [5, 5.41) is 2.31. The van der Waals surface area contributed by atoms with Crippen molar-refractivity contribution in [3.63, 3.8) is 0 Å². The lowest BCUT2D eigenvalue weighted by atomic mass is 9.86. The number of nitrogens with zero attached hydrogens (tertiary/aromatic N) is 4. The summed E-state index contributed by atoms with van der Waals surface area (Å²) in [5.41, 5.74) is 0.603. The molecular formula is C33H46FN5O6. The number of anilines is 1. The van der Waals surface area contributed by atoms with Crippen LogP contribution in [0, 0.1) is 5.82 Å². The number of fused-ring (bicyclic) bond motifs is 1. The quantitative estimate of drug-likeness (QED) is 0.493. The highest BCUT2D eigenvalue weighted by atomic mass is 19.1. The van der Waals surface area contributed by atoms with Gasteiger partial charge in [-0.05, 0) is 78.9 Å². The lowest BCUT2D eigenvalue weighted by molar-refractivity contribution is -0.137. The Morgan fingerprint density at radius 1 is 0.978 bits per heavy atom. The van der Waals surface area contributed by atoms with Crippen LogP contribution in [-0.4, -0.2) is 107 Å². The zero-order valence-electron chi connectivity index (χ0n) is 27.0. The average molecular weight is 628 g/mol. The van der Waals surface area contributed by atoms with Crippen LogP contribution in [0.2, 0.25) is 0 Å². The van der Waals surface area contributed by atoms with Crippen LogP contribution in [0.25, 0.3) is 0 Å². The van der Waals surface area contributed by atoms with Gasteiger partial charge in [0.25, 0.3) is 5.91 Å². The second-order valence-electron chi connectivity index (χ2n) is 14.3. The first-order chi connectivity index (χ1) is 21.3. The minimum absolute atomic E-state index is 0.0714. The molecular weight excluding hydrogens is 581 g/mol. The van der Waals surface area contributed by atoms with Gasteiger partial charge in [-0.1, -0.05) is 0 Å². The number of carbonyl (C=O) groups excluding carboxylic acids is 4. The first-order valence-corrected chi connectivity index (χ1v) is 16.4. The number of nitrogens with one attached hydrogen (secondary N) is 1. The Hall–Kier alpha value is -3.25. The lowest BCUT2D eigenvalue weighted by Gasteiger charge is -2.49. The summed E-state index contributed by atoms with van der Waals surface area (Å²) in [6.45, 7) is 13.1. The third kappa shape index (κ3) is 6.27. The number of hydrogen-bond acceptors (Lipinski definition) is 8. The van der Waals surface area contributed by atoms with E-state index in [1.165, 1.54) is 4.90 Å². The van der Waals surface area contributed by atoms with E-state index < -0.39 is 29.4 Å². The third-order valence-electron chi connectivity index (χ3n) is 10.0. The molecule has 0 bridgehead atoms. The molecule has 12 heteroatoms. The fraction of sp³-hybridized carbons (Fsp3) is 0.697. The number of piperazine rings is 1. The average Bonchev–Trinajstić information content (AvgIpc) is 3.20. The van der Waals surface area contributed by atoms with Gasteiger partial charge in [0.1, 0.15) is 11.6 Å². The van der Waals surface area contributed by atoms with Gasteiger partial charge in [0.15, 0.2) is 5.82 Å². The molecule has 4 aliphatic heterocycles. The van der Waals surface area contributed by atoms with Gasteiger partial charge in [0.05, 0.1) is 23.9 Å². The second-order valence-corrected chi connectivity index (χ2v) is 14.3. The number of ether oxygens (including phenoxy) is 2. The monoisotopic (exact) mass is 627 g/mol. The highest BCUT2D eigenvalue weighted by Gasteiger charge is 2.46. The van der Waals surface area contributed by atoms with Crippen LogP contribution in [-0.2, 0) is 19.1 Å². The van der Waals surface area contributed by atoms with E-state index >= 15 is 4.39 Å². The zero-order chi connectivity index (χ0) is 32.2. The van der Waals surface area contributed by atoms with E-state index in [0.29, 0.717) is 36.9 Å². The fourth-order valence-electron chi connectivity index (χ4n) is 7.61. The number of benzene rings is 1. The molecule has 0 aromatic heterocycles. The van der Waals surface area contributed by atoms with Crippen LogP contribution >= 0.6 is 0 Å². The highest BCUT2D eigenvalue weighted by Crippen LogP contribution is 2.42. The van der Waals surface area contributed by atoms with Gasteiger partial charge in [-0.25, -0.2) is 9.18 Å². The van der Waals surface area contributed by atoms with E-state index in [4.69, 9.17) is 9.47 Å². The van der Waals surface area contributed by atoms with Crippen molar-refractivity contribution in [1.82, 2.24) is 20.0 Å². The summed E-state index contributed by atoms with van der Waals surface area (Å²) in [6, 6.07) is 2.49. The van der Waals surface area contributed by atoms with E-state index in [1.807, 2.05) is 20.8 Å². The van der Waals surface area contributed by atoms with Crippen LogP contribution in [0.4, 0.5) is 14.9 Å². The van der Waals surface area contributed by atoms with Crippen LogP contribution < -0.4 is 10.2 Å². The van der Waals surface area contributed by atoms with Gasteiger partial charge >= 0.3 is 6.09 Å². The Bertz CT molecular complexity index is 1350. The molecule has 1 aromatic rings. The maximum atomic E-state index is 16.2. The molecule has 0 spiro atoms. The number of amides is 4. The van der Waals surface area contributed by atoms with Crippen molar-refractivity contribution in [2.24, 2.45) is 0 Å². The topological polar surface area (TPSA) is 112 Å². The predicted molar refractivity (Wildman–Crippen MR) is 164 cm³/mol. The van der Waals surface area contributed by atoms with Crippen molar-refractivity contribution >= 4 is 29.5 Å². The lowest BCUT2D eigenvalue weighted by Crippen LogP contribution is -2.59. The molecule has 1 N–H and O–H groups in total. The Morgan fingerprint density at radius 2 is 1.69 bits per heavy atom. The second kappa shape index (κ2) is 12.2. The Balaban J connectivity index is 1.00. The first-order valence-electron chi connectivity index (χ1n) is 16.4. The normalized spacial score (nSPS) is 29.9. The molecule has 4 fully saturated rings. The number of rotatable bonds is 5. The van der Waals surface area contributed by atoms with Crippen LogP contribution in [0.15, 0.2) is 12.1 Å². The molecule has 246 valence electrons. The van der Waals surface area contributed by atoms with Gasteiger partial charge in [-0.3, -0.25) is 24.6 Å². The van der Waals surface area contributed by atoms with Gasteiger partial charge in [-0.15, -0.1) is 0 Å². The Labute approximate surface area is 264 Å². The molecule has 5 aliphatic rings. The van der Waals surface area contributed by atoms with Crippen molar-refractivity contribution < 1.29 is 33.0 Å². The van der Waals surface area contributed by atoms with Crippen molar-refractivity contribution in [2.75, 3.05) is 37.6 Å². The first kappa shape index (κ1) is 31.7. The molecule has 1 unspecified atom stereocenters. The summed E-state index contributed by atoms with van der Waals surface area (Å²) < 4.78 is 28.1. The smallest absolute Gasteiger partial charge is 0.410 e. The van der Waals surface area contributed by atoms with E-state index in [-0.39, 0.29) is 54.6 Å². The third-order valence-corrected chi connectivity index (χ3v) is 10.0. The number of likely N-dealkylation sites (tertiary alicyclic amines) is 1. The van der Waals surface area contributed by atoms with Gasteiger partial charge < -0.3 is 24.2 Å². The predicted octanol–water partition coefficient (Wildman–Crippen LogP) is 3.61. The summed E-state index contributed by atoms with van der Waals surface area (Å²) in [5.74, 6) is -1.63. The summed E-state index contributed by atoms with van der Waals surface area (Å²) in [4.78, 5) is 57.6. The molecule has 45 heavy (non-hydrogen) atoms.